The highest BCUT2D eigenvalue weighted by molar-refractivity contribution is 9.10. The van der Waals surface area contributed by atoms with Gasteiger partial charge in [0.25, 0.3) is 5.69 Å². The van der Waals surface area contributed by atoms with Gasteiger partial charge in [0.05, 0.1) is 15.5 Å². The van der Waals surface area contributed by atoms with Gasteiger partial charge in [-0.25, -0.2) is 0 Å². The molecule has 5 nitrogen and oxygen atoms in total. The molecule has 1 N–H and O–H groups in total. The lowest BCUT2D eigenvalue weighted by atomic mass is 10.1. The van der Waals surface area contributed by atoms with Crippen molar-refractivity contribution < 1.29 is 10.0 Å². The fourth-order valence-corrected chi connectivity index (χ4v) is 3.19. The highest BCUT2D eigenvalue weighted by Gasteiger charge is 2.26. The van der Waals surface area contributed by atoms with Gasteiger partial charge in [-0.05, 0) is 60.3 Å². The average Bonchev–Trinajstić information content (AvgIpc) is 2.78. The van der Waals surface area contributed by atoms with Crippen LogP contribution in [-0.4, -0.2) is 33.6 Å². The van der Waals surface area contributed by atoms with E-state index in [1.807, 2.05) is 6.07 Å². The summed E-state index contributed by atoms with van der Waals surface area (Å²) >= 11 is 3.20. The van der Waals surface area contributed by atoms with E-state index in [1.54, 1.807) is 19.1 Å². The number of aliphatic hydroxyl groups excluding tert-OH is 1. The van der Waals surface area contributed by atoms with Crippen molar-refractivity contribution in [2.75, 3.05) is 6.54 Å². The second-order valence-corrected chi connectivity index (χ2v) is 6.25. The topological polar surface area (TPSA) is 66.6 Å². The third-order valence-corrected chi connectivity index (χ3v) is 4.38. The lowest BCUT2D eigenvalue weighted by Gasteiger charge is -2.25. The average molecular weight is 343 g/mol. The summed E-state index contributed by atoms with van der Waals surface area (Å²) in [7, 11) is 0. The van der Waals surface area contributed by atoms with Crippen LogP contribution in [0.3, 0.4) is 0 Å². The van der Waals surface area contributed by atoms with Crippen molar-refractivity contribution in [3.63, 3.8) is 0 Å². The molecule has 1 aromatic rings. The summed E-state index contributed by atoms with van der Waals surface area (Å²) in [5.74, 6) is 0. The summed E-state index contributed by atoms with van der Waals surface area (Å²) in [5, 5.41) is 20.5. The van der Waals surface area contributed by atoms with Gasteiger partial charge in [-0.1, -0.05) is 6.07 Å². The SMILES string of the molecule is CC(O)CC1CCCN1Cc1ccc(Br)c([N+](=O)[O-])c1. The van der Waals surface area contributed by atoms with E-state index in [0.717, 1.165) is 31.4 Å². The number of likely N-dealkylation sites (tertiary alicyclic amines) is 1. The molecule has 2 rings (SSSR count). The van der Waals surface area contributed by atoms with Crippen LogP contribution >= 0.6 is 15.9 Å². The first-order valence-electron chi connectivity index (χ1n) is 6.82. The van der Waals surface area contributed by atoms with Crippen molar-refractivity contribution in [1.82, 2.24) is 4.90 Å². The van der Waals surface area contributed by atoms with E-state index in [-0.39, 0.29) is 16.7 Å². The van der Waals surface area contributed by atoms with Crippen LogP contribution < -0.4 is 0 Å². The molecule has 0 bridgehead atoms. The van der Waals surface area contributed by atoms with Crippen LogP contribution in [0.15, 0.2) is 22.7 Å². The van der Waals surface area contributed by atoms with Gasteiger partial charge in [0, 0.05) is 18.7 Å². The molecule has 1 aromatic carbocycles. The molecule has 0 radical (unpaired) electrons. The number of nitro groups is 1. The van der Waals surface area contributed by atoms with E-state index in [9.17, 15) is 15.2 Å². The Kier molecular flexibility index (Phi) is 5.12. The van der Waals surface area contributed by atoms with Gasteiger partial charge in [-0.15, -0.1) is 0 Å². The van der Waals surface area contributed by atoms with Gasteiger partial charge in [-0.2, -0.15) is 0 Å². The number of halogens is 1. The van der Waals surface area contributed by atoms with E-state index >= 15 is 0 Å². The highest BCUT2D eigenvalue weighted by atomic mass is 79.9. The first-order chi connectivity index (χ1) is 9.47. The summed E-state index contributed by atoms with van der Waals surface area (Å²) < 4.78 is 0.508. The first-order valence-corrected chi connectivity index (χ1v) is 7.61. The van der Waals surface area contributed by atoms with E-state index in [2.05, 4.69) is 20.8 Å². The van der Waals surface area contributed by atoms with Crippen LogP contribution in [0.25, 0.3) is 0 Å². The number of nitro benzene ring substituents is 1. The van der Waals surface area contributed by atoms with Crippen LogP contribution in [-0.2, 0) is 6.54 Å². The maximum atomic E-state index is 10.9. The third-order valence-electron chi connectivity index (χ3n) is 3.71. The Morgan fingerprint density at radius 2 is 2.35 bits per heavy atom. The van der Waals surface area contributed by atoms with E-state index in [1.165, 1.54) is 0 Å². The lowest BCUT2D eigenvalue weighted by molar-refractivity contribution is -0.385. The second-order valence-electron chi connectivity index (χ2n) is 5.39. The molecule has 1 heterocycles. The zero-order valence-electron chi connectivity index (χ0n) is 11.5. The van der Waals surface area contributed by atoms with Crippen LogP contribution in [0.1, 0.15) is 31.7 Å². The van der Waals surface area contributed by atoms with Gasteiger partial charge in [0.1, 0.15) is 0 Å². The van der Waals surface area contributed by atoms with Crippen LogP contribution in [0.2, 0.25) is 0 Å². The maximum absolute atomic E-state index is 10.9. The highest BCUT2D eigenvalue weighted by Crippen LogP contribution is 2.28. The van der Waals surface area contributed by atoms with Gasteiger partial charge in [-0.3, -0.25) is 15.0 Å². The summed E-state index contributed by atoms with van der Waals surface area (Å²) in [4.78, 5) is 12.9. The number of benzene rings is 1. The molecule has 0 aromatic heterocycles. The Labute approximate surface area is 126 Å². The van der Waals surface area contributed by atoms with Crippen molar-refractivity contribution in [2.24, 2.45) is 0 Å². The van der Waals surface area contributed by atoms with Crippen molar-refractivity contribution in [2.45, 2.75) is 44.9 Å². The molecule has 110 valence electrons. The fourth-order valence-electron chi connectivity index (χ4n) is 2.79. The Hall–Kier alpha value is -0.980. The van der Waals surface area contributed by atoms with Crippen LogP contribution in [0.4, 0.5) is 5.69 Å². The molecule has 20 heavy (non-hydrogen) atoms. The third kappa shape index (κ3) is 3.77. The molecule has 2 atom stereocenters. The van der Waals surface area contributed by atoms with Gasteiger partial charge in [0.2, 0.25) is 0 Å². The number of nitrogens with zero attached hydrogens (tertiary/aromatic N) is 2. The summed E-state index contributed by atoms with van der Waals surface area (Å²) in [6.07, 6.45) is 2.66. The monoisotopic (exact) mass is 342 g/mol. The van der Waals surface area contributed by atoms with E-state index in [0.29, 0.717) is 17.1 Å². The van der Waals surface area contributed by atoms with Crippen molar-refractivity contribution in [1.29, 1.82) is 0 Å². The summed E-state index contributed by atoms with van der Waals surface area (Å²) in [6, 6.07) is 5.64. The fraction of sp³-hybridized carbons (Fsp3) is 0.571. The minimum Gasteiger partial charge on any atom is -0.393 e. The molecule has 1 aliphatic heterocycles. The number of hydrogen-bond acceptors (Lipinski definition) is 4. The minimum absolute atomic E-state index is 0.105. The predicted molar refractivity (Wildman–Crippen MR) is 80.5 cm³/mol. The molecule has 1 saturated heterocycles. The first kappa shape index (κ1) is 15.4. The van der Waals surface area contributed by atoms with Crippen molar-refractivity contribution >= 4 is 21.6 Å². The summed E-state index contributed by atoms with van der Waals surface area (Å²) in [6.45, 7) is 3.49. The molecule has 1 fully saturated rings. The zero-order chi connectivity index (χ0) is 14.7. The molecule has 0 amide bonds. The van der Waals surface area contributed by atoms with Gasteiger partial charge in [0.15, 0.2) is 0 Å². The predicted octanol–water partition coefficient (Wildman–Crippen LogP) is 3.09. The smallest absolute Gasteiger partial charge is 0.283 e. The largest absolute Gasteiger partial charge is 0.393 e. The second kappa shape index (κ2) is 6.65. The molecule has 2 unspecified atom stereocenters. The normalized spacial score (nSPS) is 21.1. The zero-order valence-corrected chi connectivity index (χ0v) is 13.0. The quantitative estimate of drug-likeness (QED) is 0.659. The maximum Gasteiger partial charge on any atom is 0.283 e. The number of aliphatic hydroxyl groups is 1. The Morgan fingerprint density at radius 1 is 1.60 bits per heavy atom. The van der Waals surface area contributed by atoms with Crippen LogP contribution in [0, 0.1) is 10.1 Å². The minimum atomic E-state index is -0.370. The molecule has 0 saturated carbocycles. The van der Waals surface area contributed by atoms with E-state index in [4.69, 9.17) is 0 Å². The molecular formula is C14H19BrN2O3. The summed E-state index contributed by atoms with van der Waals surface area (Å²) in [5.41, 5.74) is 1.05. The Morgan fingerprint density at radius 3 is 3.00 bits per heavy atom. The Balaban J connectivity index is 2.09. The molecule has 1 aliphatic rings. The molecule has 0 aliphatic carbocycles. The van der Waals surface area contributed by atoms with Gasteiger partial charge >= 0.3 is 0 Å². The standard InChI is InChI=1S/C14H19BrN2O3/c1-10(18)7-12-3-2-6-16(12)9-11-4-5-13(15)14(8-11)17(19)20/h4-5,8,10,12,18H,2-3,6-7,9H2,1H3. The molecule has 6 heteroatoms. The lowest BCUT2D eigenvalue weighted by Crippen LogP contribution is -2.31. The van der Waals surface area contributed by atoms with E-state index < -0.39 is 0 Å². The van der Waals surface area contributed by atoms with Crippen LogP contribution in [0.5, 0.6) is 0 Å². The van der Waals surface area contributed by atoms with Crippen molar-refractivity contribution in [3.8, 4) is 0 Å². The molecular weight excluding hydrogens is 324 g/mol. The van der Waals surface area contributed by atoms with Gasteiger partial charge < -0.3 is 5.11 Å². The number of hydrogen-bond donors (Lipinski definition) is 1. The van der Waals surface area contributed by atoms with Crippen molar-refractivity contribution in [3.05, 3.63) is 38.3 Å². The number of rotatable bonds is 5. The Bertz CT molecular complexity index is 493. The molecule has 0 spiro atoms.